The van der Waals surface area contributed by atoms with Gasteiger partial charge in [0.25, 0.3) is 0 Å². The molecule has 1 N–H and O–H groups in total. The number of thiazole rings is 1. The van der Waals surface area contributed by atoms with Crippen molar-refractivity contribution in [3.8, 4) is 5.75 Å². The third-order valence-electron chi connectivity index (χ3n) is 2.99. The van der Waals surface area contributed by atoms with Gasteiger partial charge in [0.2, 0.25) is 0 Å². The van der Waals surface area contributed by atoms with Gasteiger partial charge in [-0.15, -0.1) is 0 Å². The molecule has 0 amide bonds. The smallest absolute Gasteiger partial charge is 0.183 e. The number of fused-ring (bicyclic) bond motifs is 1. The van der Waals surface area contributed by atoms with Crippen molar-refractivity contribution in [2.45, 2.75) is 6.92 Å². The maximum atomic E-state index is 13.1. The number of nitrogens with zero attached hydrogens (tertiary/aromatic N) is 1. The minimum Gasteiger partial charge on any atom is -0.492 e. The molecule has 2 aromatic carbocycles. The largest absolute Gasteiger partial charge is 0.492 e. The lowest BCUT2D eigenvalue weighted by atomic mass is 10.2. The lowest BCUT2D eigenvalue weighted by molar-refractivity contribution is 0.332. The molecule has 0 unspecified atom stereocenters. The maximum absolute atomic E-state index is 13.1. The summed E-state index contributed by atoms with van der Waals surface area (Å²) in [7, 11) is 0. The molecule has 0 aliphatic carbocycles. The van der Waals surface area contributed by atoms with Crippen LogP contribution in [-0.2, 0) is 0 Å². The zero-order chi connectivity index (χ0) is 14.7. The highest BCUT2D eigenvalue weighted by Crippen LogP contribution is 2.26. The molecule has 0 saturated carbocycles. The molecule has 0 fully saturated rings. The number of hydrogen-bond acceptors (Lipinski definition) is 4. The van der Waals surface area contributed by atoms with Gasteiger partial charge in [-0.3, -0.25) is 0 Å². The van der Waals surface area contributed by atoms with Crippen LogP contribution < -0.4 is 10.1 Å². The Bertz CT molecular complexity index is 757. The van der Waals surface area contributed by atoms with Crippen LogP contribution in [0.5, 0.6) is 5.75 Å². The molecule has 0 radical (unpaired) electrons. The number of benzene rings is 2. The summed E-state index contributed by atoms with van der Waals surface area (Å²) in [6.07, 6.45) is 0. The van der Waals surface area contributed by atoms with Gasteiger partial charge in [0.05, 0.1) is 16.8 Å². The Morgan fingerprint density at radius 1 is 1.24 bits per heavy atom. The zero-order valence-electron chi connectivity index (χ0n) is 11.6. The molecule has 0 atom stereocenters. The third-order valence-corrected chi connectivity index (χ3v) is 3.96. The van der Waals surface area contributed by atoms with Crippen LogP contribution in [0.2, 0.25) is 0 Å². The second kappa shape index (κ2) is 6.10. The molecule has 108 valence electrons. The molecule has 0 aliphatic rings. The van der Waals surface area contributed by atoms with Crippen LogP contribution >= 0.6 is 11.3 Å². The number of hydrogen-bond donors (Lipinski definition) is 1. The van der Waals surface area contributed by atoms with E-state index in [0.717, 1.165) is 21.1 Å². The van der Waals surface area contributed by atoms with Gasteiger partial charge in [-0.05, 0) is 42.8 Å². The molecule has 0 bridgehead atoms. The summed E-state index contributed by atoms with van der Waals surface area (Å²) >= 11 is 1.44. The Morgan fingerprint density at radius 2 is 2.14 bits per heavy atom. The van der Waals surface area contributed by atoms with Crippen molar-refractivity contribution in [1.82, 2.24) is 4.98 Å². The topological polar surface area (TPSA) is 34.1 Å². The van der Waals surface area contributed by atoms with Crippen LogP contribution in [0.3, 0.4) is 0 Å². The Balaban J connectivity index is 1.54. The normalized spacial score (nSPS) is 10.8. The number of aromatic nitrogens is 1. The standard InChI is InChI=1S/C16H15FN2OS/c1-11-3-2-4-13(9-11)20-8-7-18-16-19-14-6-5-12(17)10-15(14)21-16/h2-6,9-10H,7-8H2,1H3,(H,18,19). The van der Waals surface area contributed by atoms with Crippen LogP contribution in [0.25, 0.3) is 10.2 Å². The predicted molar refractivity (Wildman–Crippen MR) is 84.7 cm³/mol. The van der Waals surface area contributed by atoms with Crippen molar-refractivity contribution in [3.63, 3.8) is 0 Å². The summed E-state index contributed by atoms with van der Waals surface area (Å²) in [5.74, 6) is 0.628. The summed E-state index contributed by atoms with van der Waals surface area (Å²) in [6, 6.07) is 12.6. The van der Waals surface area contributed by atoms with Gasteiger partial charge in [-0.25, -0.2) is 9.37 Å². The van der Waals surface area contributed by atoms with E-state index in [1.54, 1.807) is 6.07 Å². The van der Waals surface area contributed by atoms with E-state index >= 15 is 0 Å². The number of anilines is 1. The maximum Gasteiger partial charge on any atom is 0.183 e. The van der Waals surface area contributed by atoms with Gasteiger partial charge in [-0.2, -0.15) is 0 Å². The average molecular weight is 302 g/mol. The average Bonchev–Trinajstić information content (AvgIpc) is 2.85. The van der Waals surface area contributed by atoms with E-state index in [4.69, 9.17) is 4.74 Å². The van der Waals surface area contributed by atoms with Crippen molar-refractivity contribution in [2.24, 2.45) is 0 Å². The zero-order valence-corrected chi connectivity index (χ0v) is 12.4. The van der Waals surface area contributed by atoms with E-state index in [0.29, 0.717) is 13.2 Å². The highest BCUT2D eigenvalue weighted by Gasteiger charge is 2.04. The van der Waals surface area contributed by atoms with Gasteiger partial charge in [-0.1, -0.05) is 23.5 Å². The Morgan fingerprint density at radius 3 is 3.00 bits per heavy atom. The van der Waals surface area contributed by atoms with E-state index in [1.165, 1.54) is 29.0 Å². The van der Waals surface area contributed by atoms with E-state index in [-0.39, 0.29) is 5.82 Å². The van der Waals surface area contributed by atoms with Crippen molar-refractivity contribution in [2.75, 3.05) is 18.5 Å². The fourth-order valence-corrected chi connectivity index (χ4v) is 2.92. The van der Waals surface area contributed by atoms with E-state index in [2.05, 4.69) is 10.3 Å². The number of rotatable bonds is 5. The molecule has 0 spiro atoms. The first-order valence-electron chi connectivity index (χ1n) is 6.70. The number of nitrogens with one attached hydrogen (secondary N) is 1. The highest BCUT2D eigenvalue weighted by molar-refractivity contribution is 7.22. The lowest BCUT2D eigenvalue weighted by Gasteiger charge is -2.07. The first-order valence-corrected chi connectivity index (χ1v) is 7.52. The monoisotopic (exact) mass is 302 g/mol. The van der Waals surface area contributed by atoms with Crippen molar-refractivity contribution in [1.29, 1.82) is 0 Å². The summed E-state index contributed by atoms with van der Waals surface area (Å²) < 4.78 is 19.6. The Labute approximate surface area is 126 Å². The van der Waals surface area contributed by atoms with Crippen molar-refractivity contribution in [3.05, 3.63) is 53.8 Å². The number of halogens is 1. The minimum atomic E-state index is -0.236. The number of ether oxygens (including phenoxy) is 1. The van der Waals surface area contributed by atoms with Gasteiger partial charge in [0.15, 0.2) is 5.13 Å². The first-order chi connectivity index (χ1) is 10.2. The molecule has 3 nitrogen and oxygen atoms in total. The SMILES string of the molecule is Cc1cccc(OCCNc2nc3ccc(F)cc3s2)c1. The predicted octanol–water partition coefficient (Wildman–Crippen LogP) is 4.23. The van der Waals surface area contributed by atoms with Crippen molar-refractivity contribution < 1.29 is 9.13 Å². The van der Waals surface area contributed by atoms with Gasteiger partial charge in [0, 0.05) is 0 Å². The second-order valence-corrected chi connectivity index (χ2v) is 5.75. The van der Waals surface area contributed by atoms with Gasteiger partial charge >= 0.3 is 0 Å². The minimum absolute atomic E-state index is 0.236. The molecule has 3 aromatic rings. The van der Waals surface area contributed by atoms with Crippen LogP contribution in [0.15, 0.2) is 42.5 Å². The van der Waals surface area contributed by atoms with Crippen LogP contribution in [0.4, 0.5) is 9.52 Å². The van der Waals surface area contributed by atoms with Gasteiger partial charge < -0.3 is 10.1 Å². The molecular weight excluding hydrogens is 287 g/mol. The molecular formula is C16H15FN2OS. The van der Waals surface area contributed by atoms with Crippen LogP contribution in [0, 0.1) is 12.7 Å². The molecule has 5 heteroatoms. The van der Waals surface area contributed by atoms with Gasteiger partial charge in [0.1, 0.15) is 18.2 Å². The number of aryl methyl sites for hydroxylation is 1. The highest BCUT2D eigenvalue weighted by atomic mass is 32.1. The van der Waals surface area contributed by atoms with Crippen LogP contribution in [-0.4, -0.2) is 18.1 Å². The third kappa shape index (κ3) is 3.49. The molecule has 1 aromatic heterocycles. The summed E-state index contributed by atoms with van der Waals surface area (Å²) in [5, 5.41) is 3.98. The molecule has 21 heavy (non-hydrogen) atoms. The first kappa shape index (κ1) is 13.8. The molecule has 1 heterocycles. The fourth-order valence-electron chi connectivity index (χ4n) is 2.01. The van der Waals surface area contributed by atoms with Crippen LogP contribution in [0.1, 0.15) is 5.56 Å². The van der Waals surface area contributed by atoms with E-state index in [1.807, 2.05) is 31.2 Å². The van der Waals surface area contributed by atoms with E-state index in [9.17, 15) is 4.39 Å². The van der Waals surface area contributed by atoms with Crippen molar-refractivity contribution >= 4 is 26.7 Å². The molecule has 0 saturated heterocycles. The molecule has 3 rings (SSSR count). The van der Waals surface area contributed by atoms with E-state index < -0.39 is 0 Å². The summed E-state index contributed by atoms with van der Waals surface area (Å²) in [5.41, 5.74) is 1.98. The summed E-state index contributed by atoms with van der Waals surface area (Å²) in [4.78, 5) is 4.40. The molecule has 0 aliphatic heterocycles. The quantitative estimate of drug-likeness (QED) is 0.716. The second-order valence-electron chi connectivity index (χ2n) is 4.72. The Kier molecular flexibility index (Phi) is 4.01. The lowest BCUT2D eigenvalue weighted by Crippen LogP contribution is -2.11. The Hall–Kier alpha value is -2.14. The summed E-state index contributed by atoms with van der Waals surface area (Å²) in [6.45, 7) is 3.23. The fraction of sp³-hybridized carbons (Fsp3) is 0.188.